The number of carbonyl (C=O) groups is 2. The number of carboxylic acid groups (broad SMARTS) is 1. The fourth-order valence-electron chi connectivity index (χ4n) is 5.29. The van der Waals surface area contributed by atoms with Crippen molar-refractivity contribution in [3.05, 3.63) is 52.6 Å². The van der Waals surface area contributed by atoms with Crippen LogP contribution in [0.4, 0.5) is 4.39 Å². The molecule has 1 N–H and O–H groups in total. The summed E-state index contributed by atoms with van der Waals surface area (Å²) in [5, 5.41) is 14.1. The fraction of sp³-hybridized carbons (Fsp3) is 0.560. The molecule has 0 saturated heterocycles. The van der Waals surface area contributed by atoms with Crippen molar-refractivity contribution < 1.29 is 19.1 Å². The minimum absolute atomic E-state index is 0.164. The van der Waals surface area contributed by atoms with Crippen LogP contribution in [-0.4, -0.2) is 38.2 Å². The first-order valence-electron chi connectivity index (χ1n) is 11.8. The third-order valence-electron chi connectivity index (χ3n) is 7.39. The van der Waals surface area contributed by atoms with Crippen molar-refractivity contribution in [2.75, 3.05) is 6.54 Å². The first-order chi connectivity index (χ1) is 15.5. The van der Waals surface area contributed by atoms with Crippen molar-refractivity contribution in [2.24, 2.45) is 11.8 Å². The molecule has 0 atom stereocenters. The smallest absolute Gasteiger partial charge is 0.306 e. The van der Waals surface area contributed by atoms with Crippen molar-refractivity contribution >= 4 is 11.9 Å². The third kappa shape index (κ3) is 4.43. The Balaban J connectivity index is 1.28. The highest BCUT2D eigenvalue weighted by Crippen LogP contribution is 2.43. The Morgan fingerprint density at radius 3 is 2.44 bits per heavy atom. The lowest BCUT2D eigenvalue weighted by molar-refractivity contribution is -0.143. The molecule has 2 aromatic rings. The SMILES string of the molecule is O=C(C[C@H]1CC[C@H](C(=O)O)CC1)N1CCc2c(C3CC3)nn(Cc3ccc(F)cc3)c2C1. The monoisotopic (exact) mass is 439 g/mol. The average Bonchev–Trinajstić information content (AvgIpc) is 3.58. The number of fused-ring (bicyclic) bond motifs is 1. The molecule has 1 amide bonds. The molecule has 7 heteroatoms. The van der Waals surface area contributed by atoms with Crippen LogP contribution in [0.1, 0.15) is 73.4 Å². The Kier molecular flexibility index (Phi) is 5.74. The van der Waals surface area contributed by atoms with Crippen molar-refractivity contribution in [3.63, 3.8) is 0 Å². The summed E-state index contributed by atoms with van der Waals surface area (Å²) in [6.07, 6.45) is 6.68. The lowest BCUT2D eigenvalue weighted by Gasteiger charge is -2.31. The number of rotatable bonds is 6. The second-order valence-corrected chi connectivity index (χ2v) is 9.69. The van der Waals surface area contributed by atoms with Gasteiger partial charge < -0.3 is 10.0 Å². The molecule has 2 heterocycles. The molecular weight excluding hydrogens is 409 g/mol. The van der Waals surface area contributed by atoms with Gasteiger partial charge in [0.1, 0.15) is 5.82 Å². The number of hydrogen-bond donors (Lipinski definition) is 1. The van der Waals surface area contributed by atoms with Crippen LogP contribution in [-0.2, 0) is 29.1 Å². The number of nitrogens with zero attached hydrogens (tertiary/aromatic N) is 3. The Labute approximate surface area is 187 Å². The molecule has 6 nitrogen and oxygen atoms in total. The first-order valence-corrected chi connectivity index (χ1v) is 11.8. The summed E-state index contributed by atoms with van der Waals surface area (Å²) in [5.41, 5.74) is 4.62. The van der Waals surface area contributed by atoms with Crippen molar-refractivity contribution in [1.29, 1.82) is 0 Å². The topological polar surface area (TPSA) is 75.4 Å². The Bertz CT molecular complexity index is 1000. The van der Waals surface area contributed by atoms with Gasteiger partial charge in [-0.2, -0.15) is 5.10 Å². The van der Waals surface area contributed by atoms with Gasteiger partial charge in [0.25, 0.3) is 0 Å². The van der Waals surface area contributed by atoms with E-state index >= 15 is 0 Å². The molecule has 1 aliphatic heterocycles. The predicted octanol–water partition coefficient (Wildman–Crippen LogP) is 4.11. The van der Waals surface area contributed by atoms with E-state index in [0.29, 0.717) is 38.3 Å². The molecule has 0 spiro atoms. The molecule has 170 valence electrons. The molecule has 2 saturated carbocycles. The number of benzene rings is 1. The Hall–Kier alpha value is -2.70. The summed E-state index contributed by atoms with van der Waals surface area (Å²) in [6, 6.07) is 6.53. The van der Waals surface area contributed by atoms with E-state index in [9.17, 15) is 19.1 Å². The van der Waals surface area contributed by atoms with Crippen LogP contribution >= 0.6 is 0 Å². The molecule has 0 bridgehead atoms. The summed E-state index contributed by atoms with van der Waals surface area (Å²) in [4.78, 5) is 26.2. The fourth-order valence-corrected chi connectivity index (χ4v) is 5.29. The lowest BCUT2D eigenvalue weighted by atomic mass is 9.80. The maximum absolute atomic E-state index is 13.3. The summed E-state index contributed by atoms with van der Waals surface area (Å²) in [5.74, 6) is -0.212. The highest BCUT2D eigenvalue weighted by Gasteiger charge is 2.35. The van der Waals surface area contributed by atoms with E-state index in [1.165, 1.54) is 36.2 Å². The second-order valence-electron chi connectivity index (χ2n) is 9.69. The third-order valence-corrected chi connectivity index (χ3v) is 7.39. The Morgan fingerprint density at radius 2 is 1.78 bits per heavy atom. The summed E-state index contributed by atoms with van der Waals surface area (Å²) >= 11 is 0. The van der Waals surface area contributed by atoms with Gasteiger partial charge in [-0.25, -0.2) is 4.39 Å². The second kappa shape index (κ2) is 8.68. The van der Waals surface area contributed by atoms with Gasteiger partial charge >= 0.3 is 5.97 Å². The highest BCUT2D eigenvalue weighted by molar-refractivity contribution is 5.77. The van der Waals surface area contributed by atoms with E-state index in [0.717, 1.165) is 37.1 Å². The number of aromatic nitrogens is 2. The van der Waals surface area contributed by atoms with Crippen LogP contribution in [0.25, 0.3) is 0 Å². The molecule has 5 rings (SSSR count). The van der Waals surface area contributed by atoms with Crippen LogP contribution in [0.15, 0.2) is 24.3 Å². The average molecular weight is 440 g/mol. The van der Waals surface area contributed by atoms with Crippen LogP contribution in [0.5, 0.6) is 0 Å². The van der Waals surface area contributed by atoms with Gasteiger partial charge in [0, 0.05) is 24.4 Å². The molecule has 32 heavy (non-hydrogen) atoms. The van der Waals surface area contributed by atoms with E-state index < -0.39 is 5.97 Å². The van der Waals surface area contributed by atoms with E-state index in [4.69, 9.17) is 5.10 Å². The van der Waals surface area contributed by atoms with Gasteiger partial charge in [0.2, 0.25) is 5.91 Å². The first kappa shape index (κ1) is 21.2. The number of carboxylic acids is 1. The summed E-state index contributed by atoms with van der Waals surface area (Å²) in [6.45, 7) is 1.87. The quantitative estimate of drug-likeness (QED) is 0.735. The van der Waals surface area contributed by atoms with E-state index in [2.05, 4.69) is 0 Å². The molecule has 3 aliphatic rings. The zero-order valence-electron chi connectivity index (χ0n) is 18.3. The number of aliphatic carboxylic acids is 1. The van der Waals surface area contributed by atoms with Crippen molar-refractivity contribution in [3.8, 4) is 0 Å². The van der Waals surface area contributed by atoms with Gasteiger partial charge in [-0.3, -0.25) is 14.3 Å². The van der Waals surface area contributed by atoms with E-state index in [-0.39, 0.29) is 23.6 Å². The number of carbonyl (C=O) groups excluding carboxylic acids is 1. The number of amides is 1. The van der Waals surface area contributed by atoms with Gasteiger partial charge in [0.15, 0.2) is 0 Å². The van der Waals surface area contributed by atoms with Crippen molar-refractivity contribution in [1.82, 2.24) is 14.7 Å². The van der Waals surface area contributed by atoms with Gasteiger partial charge in [-0.1, -0.05) is 12.1 Å². The molecule has 1 aromatic heterocycles. The standard InChI is InChI=1S/C25H30FN3O3/c26-20-9-3-17(4-10-20)14-29-22-15-28(12-11-21(22)24(27-29)18-7-8-18)23(30)13-16-1-5-19(6-2-16)25(31)32/h3-4,9-10,16,18-19H,1-2,5-8,11-15H2,(H,31,32)/t16-,19-. The normalized spacial score (nSPS) is 23.1. The molecular formula is C25H30FN3O3. The lowest BCUT2D eigenvalue weighted by Crippen LogP contribution is -2.38. The molecule has 0 radical (unpaired) electrons. The minimum atomic E-state index is -0.709. The summed E-state index contributed by atoms with van der Waals surface area (Å²) in [7, 11) is 0. The van der Waals surface area contributed by atoms with Gasteiger partial charge in [-0.15, -0.1) is 0 Å². The molecule has 1 aromatic carbocycles. The van der Waals surface area contributed by atoms with Crippen LogP contribution in [0, 0.1) is 17.7 Å². The maximum Gasteiger partial charge on any atom is 0.306 e. The van der Waals surface area contributed by atoms with Crippen molar-refractivity contribution in [2.45, 2.75) is 70.4 Å². The van der Waals surface area contributed by atoms with Gasteiger partial charge in [0.05, 0.1) is 30.4 Å². The van der Waals surface area contributed by atoms with Crippen LogP contribution in [0.3, 0.4) is 0 Å². The minimum Gasteiger partial charge on any atom is -0.481 e. The molecule has 2 aliphatic carbocycles. The number of halogens is 1. The van der Waals surface area contributed by atoms with E-state index in [1.807, 2.05) is 9.58 Å². The van der Waals surface area contributed by atoms with Crippen LogP contribution in [0.2, 0.25) is 0 Å². The Morgan fingerprint density at radius 1 is 1.06 bits per heavy atom. The number of hydrogen-bond acceptors (Lipinski definition) is 3. The summed E-state index contributed by atoms with van der Waals surface area (Å²) < 4.78 is 15.3. The van der Waals surface area contributed by atoms with Crippen LogP contribution < -0.4 is 0 Å². The van der Waals surface area contributed by atoms with E-state index in [1.54, 1.807) is 12.1 Å². The molecule has 2 fully saturated rings. The zero-order valence-corrected chi connectivity index (χ0v) is 18.3. The zero-order chi connectivity index (χ0) is 22.2. The van der Waals surface area contributed by atoms with Gasteiger partial charge in [-0.05, 0) is 68.6 Å². The maximum atomic E-state index is 13.3. The predicted molar refractivity (Wildman–Crippen MR) is 117 cm³/mol. The molecule has 0 unspecified atom stereocenters. The largest absolute Gasteiger partial charge is 0.481 e. The highest BCUT2D eigenvalue weighted by atomic mass is 19.1.